The molecule has 0 amide bonds. The van der Waals surface area contributed by atoms with E-state index < -0.39 is 16.2 Å². The van der Waals surface area contributed by atoms with Crippen LogP contribution in [0.2, 0.25) is 0 Å². The standard InChI is InChI=1S/C12H19N3O4S/c1-13-9-10-4-3-5-11(8-10)14-20(18,19)15(2)7-6-12(16)17/h3-5,8,13-14H,6-7,9H2,1-2H3,(H,16,17). The summed E-state index contributed by atoms with van der Waals surface area (Å²) in [4.78, 5) is 10.5. The third-order valence-electron chi connectivity index (χ3n) is 2.61. The van der Waals surface area contributed by atoms with E-state index in [9.17, 15) is 13.2 Å². The number of carboxylic acid groups (broad SMARTS) is 1. The lowest BCUT2D eigenvalue weighted by Crippen LogP contribution is -2.34. The third kappa shape index (κ3) is 5.16. The van der Waals surface area contributed by atoms with Gasteiger partial charge in [0.1, 0.15) is 0 Å². The maximum Gasteiger partial charge on any atom is 0.304 e. The van der Waals surface area contributed by atoms with Crippen LogP contribution in [0, 0.1) is 0 Å². The van der Waals surface area contributed by atoms with Crippen molar-refractivity contribution < 1.29 is 18.3 Å². The van der Waals surface area contributed by atoms with Gasteiger partial charge in [0.2, 0.25) is 0 Å². The predicted molar refractivity (Wildman–Crippen MR) is 76.6 cm³/mol. The van der Waals surface area contributed by atoms with Crippen LogP contribution in [0.1, 0.15) is 12.0 Å². The molecule has 0 aliphatic heterocycles. The molecule has 112 valence electrons. The van der Waals surface area contributed by atoms with Gasteiger partial charge in [0.05, 0.1) is 12.1 Å². The predicted octanol–water partition coefficient (Wildman–Crippen LogP) is 0.469. The van der Waals surface area contributed by atoms with Crippen molar-refractivity contribution >= 4 is 21.9 Å². The van der Waals surface area contributed by atoms with Gasteiger partial charge in [0.25, 0.3) is 0 Å². The topological polar surface area (TPSA) is 98.7 Å². The largest absolute Gasteiger partial charge is 0.481 e. The van der Waals surface area contributed by atoms with E-state index in [1.54, 1.807) is 25.2 Å². The minimum Gasteiger partial charge on any atom is -0.481 e. The SMILES string of the molecule is CNCc1cccc(NS(=O)(=O)N(C)CCC(=O)O)c1. The van der Waals surface area contributed by atoms with Crippen LogP contribution in [0.15, 0.2) is 24.3 Å². The van der Waals surface area contributed by atoms with Crippen molar-refractivity contribution in [2.75, 3.05) is 25.4 Å². The Kier molecular flexibility index (Phi) is 5.93. The van der Waals surface area contributed by atoms with Crippen molar-refractivity contribution in [1.82, 2.24) is 9.62 Å². The Hall–Kier alpha value is -1.64. The molecule has 0 aliphatic carbocycles. The Bertz CT molecular complexity index is 560. The first-order valence-electron chi connectivity index (χ1n) is 6.04. The first-order chi connectivity index (χ1) is 9.35. The van der Waals surface area contributed by atoms with Crippen molar-refractivity contribution in [3.05, 3.63) is 29.8 Å². The Morgan fingerprint density at radius 3 is 2.70 bits per heavy atom. The number of nitrogens with one attached hydrogen (secondary N) is 2. The fourth-order valence-corrected chi connectivity index (χ4v) is 2.46. The van der Waals surface area contributed by atoms with Crippen LogP contribution in [0.4, 0.5) is 5.69 Å². The van der Waals surface area contributed by atoms with Gasteiger partial charge in [-0.05, 0) is 24.7 Å². The number of aliphatic carboxylic acids is 1. The number of carboxylic acids is 1. The van der Waals surface area contributed by atoms with Crippen molar-refractivity contribution in [2.24, 2.45) is 0 Å². The van der Waals surface area contributed by atoms with Gasteiger partial charge in [0, 0.05) is 20.1 Å². The zero-order valence-corrected chi connectivity index (χ0v) is 12.3. The molecule has 0 aromatic heterocycles. The highest BCUT2D eigenvalue weighted by Gasteiger charge is 2.18. The fourth-order valence-electron chi connectivity index (χ4n) is 1.55. The summed E-state index contributed by atoms with van der Waals surface area (Å²) in [5, 5.41) is 11.5. The number of rotatable bonds is 8. The Balaban J connectivity index is 2.74. The summed E-state index contributed by atoms with van der Waals surface area (Å²) in [6.45, 7) is 0.547. The molecule has 3 N–H and O–H groups in total. The van der Waals surface area contributed by atoms with Gasteiger partial charge in [-0.1, -0.05) is 12.1 Å². The van der Waals surface area contributed by atoms with Crippen LogP contribution in [-0.4, -0.2) is 44.4 Å². The summed E-state index contributed by atoms with van der Waals surface area (Å²) in [7, 11) is -0.603. The van der Waals surface area contributed by atoms with Gasteiger partial charge in [-0.3, -0.25) is 9.52 Å². The summed E-state index contributed by atoms with van der Waals surface area (Å²) in [5.74, 6) is -1.04. The van der Waals surface area contributed by atoms with Gasteiger partial charge in [0.15, 0.2) is 0 Å². The summed E-state index contributed by atoms with van der Waals surface area (Å²) in [5.41, 5.74) is 1.39. The molecule has 0 fully saturated rings. The summed E-state index contributed by atoms with van der Waals surface area (Å²) < 4.78 is 27.4. The minimum absolute atomic E-state index is 0.0825. The van der Waals surface area contributed by atoms with Gasteiger partial charge in [-0.2, -0.15) is 12.7 Å². The first-order valence-corrected chi connectivity index (χ1v) is 7.48. The molecule has 0 saturated heterocycles. The number of anilines is 1. The van der Waals surface area contributed by atoms with E-state index in [1.165, 1.54) is 7.05 Å². The molecule has 7 nitrogen and oxygen atoms in total. The second-order valence-corrected chi connectivity index (χ2v) is 6.08. The van der Waals surface area contributed by atoms with Crippen LogP contribution < -0.4 is 10.0 Å². The smallest absolute Gasteiger partial charge is 0.304 e. The zero-order valence-electron chi connectivity index (χ0n) is 11.5. The first kappa shape index (κ1) is 16.4. The minimum atomic E-state index is -3.74. The molecule has 0 aliphatic rings. The molecule has 0 spiro atoms. The lowest BCUT2D eigenvalue weighted by atomic mass is 10.2. The highest BCUT2D eigenvalue weighted by molar-refractivity contribution is 7.90. The fraction of sp³-hybridized carbons (Fsp3) is 0.417. The maximum atomic E-state index is 12.0. The molecule has 20 heavy (non-hydrogen) atoms. The van der Waals surface area contributed by atoms with Crippen molar-refractivity contribution in [3.63, 3.8) is 0 Å². The molecular weight excluding hydrogens is 282 g/mol. The van der Waals surface area contributed by atoms with Crippen LogP contribution in [0.5, 0.6) is 0 Å². The molecule has 0 heterocycles. The van der Waals surface area contributed by atoms with Gasteiger partial charge >= 0.3 is 16.2 Å². The zero-order chi connectivity index (χ0) is 15.2. The lowest BCUT2D eigenvalue weighted by molar-refractivity contribution is -0.137. The van der Waals surface area contributed by atoms with E-state index in [0.717, 1.165) is 9.87 Å². The molecule has 1 rings (SSSR count). The quantitative estimate of drug-likeness (QED) is 0.648. The normalized spacial score (nSPS) is 11.6. The van der Waals surface area contributed by atoms with E-state index >= 15 is 0 Å². The van der Waals surface area contributed by atoms with Crippen molar-refractivity contribution in [3.8, 4) is 0 Å². The summed E-state index contributed by atoms with van der Waals surface area (Å²) in [6, 6.07) is 6.99. The Labute approximate surface area is 118 Å². The molecular formula is C12H19N3O4S. The van der Waals surface area contributed by atoms with Gasteiger partial charge < -0.3 is 10.4 Å². The molecule has 0 bridgehead atoms. The van der Waals surface area contributed by atoms with Crippen LogP contribution in [-0.2, 0) is 21.5 Å². The van der Waals surface area contributed by atoms with Crippen molar-refractivity contribution in [2.45, 2.75) is 13.0 Å². The maximum absolute atomic E-state index is 12.0. The van der Waals surface area contributed by atoms with Gasteiger partial charge in [-0.25, -0.2) is 0 Å². The highest BCUT2D eigenvalue weighted by atomic mass is 32.2. The van der Waals surface area contributed by atoms with E-state index in [1.807, 2.05) is 6.07 Å². The number of carbonyl (C=O) groups is 1. The third-order valence-corrected chi connectivity index (χ3v) is 4.10. The molecule has 1 aromatic rings. The monoisotopic (exact) mass is 301 g/mol. The number of benzene rings is 1. The number of nitrogens with zero attached hydrogens (tertiary/aromatic N) is 1. The molecule has 1 aromatic carbocycles. The highest BCUT2D eigenvalue weighted by Crippen LogP contribution is 2.13. The Morgan fingerprint density at radius 2 is 2.10 bits per heavy atom. The van der Waals surface area contributed by atoms with E-state index in [2.05, 4.69) is 10.0 Å². The number of hydrogen-bond acceptors (Lipinski definition) is 4. The van der Waals surface area contributed by atoms with Crippen LogP contribution in [0.25, 0.3) is 0 Å². The Morgan fingerprint density at radius 1 is 1.40 bits per heavy atom. The van der Waals surface area contributed by atoms with Crippen molar-refractivity contribution in [1.29, 1.82) is 0 Å². The average Bonchev–Trinajstić information content (AvgIpc) is 2.36. The van der Waals surface area contributed by atoms with Crippen LogP contribution >= 0.6 is 0 Å². The molecule has 0 radical (unpaired) electrons. The molecule has 0 saturated carbocycles. The van der Waals surface area contributed by atoms with E-state index in [4.69, 9.17) is 5.11 Å². The molecule has 0 atom stereocenters. The summed E-state index contributed by atoms with van der Waals surface area (Å²) in [6.07, 6.45) is -0.239. The molecule has 0 unspecified atom stereocenters. The lowest BCUT2D eigenvalue weighted by Gasteiger charge is -2.17. The van der Waals surface area contributed by atoms with Crippen LogP contribution in [0.3, 0.4) is 0 Å². The van der Waals surface area contributed by atoms with Gasteiger partial charge in [-0.15, -0.1) is 0 Å². The second-order valence-electron chi connectivity index (χ2n) is 4.30. The summed E-state index contributed by atoms with van der Waals surface area (Å²) >= 11 is 0. The van der Waals surface area contributed by atoms with E-state index in [-0.39, 0.29) is 13.0 Å². The molecule has 8 heteroatoms. The average molecular weight is 301 g/mol. The second kappa shape index (κ2) is 7.22. The van der Waals surface area contributed by atoms with E-state index in [0.29, 0.717) is 12.2 Å². The number of hydrogen-bond donors (Lipinski definition) is 3.